The Balaban J connectivity index is 2.77. The van der Waals surface area contributed by atoms with Gasteiger partial charge in [-0.05, 0) is 30.2 Å². The van der Waals surface area contributed by atoms with Crippen molar-refractivity contribution in [3.8, 4) is 0 Å². The van der Waals surface area contributed by atoms with Crippen molar-refractivity contribution in [2.45, 2.75) is 13.3 Å². The van der Waals surface area contributed by atoms with Crippen LogP contribution in [0.15, 0.2) is 24.3 Å². The molecule has 1 aromatic rings. The van der Waals surface area contributed by atoms with E-state index in [4.69, 9.17) is 28.3 Å². The molecule has 1 amide bonds. The predicted molar refractivity (Wildman–Crippen MR) is 80.0 cm³/mol. The first-order chi connectivity index (χ1) is 9.43. The molecule has 108 valence electrons. The van der Waals surface area contributed by atoms with Crippen molar-refractivity contribution in [3.63, 3.8) is 0 Å². The fourth-order valence-corrected chi connectivity index (χ4v) is 1.90. The molecule has 0 atom stereocenters. The van der Waals surface area contributed by atoms with E-state index < -0.39 is 5.97 Å². The zero-order chi connectivity index (χ0) is 15.1. The quantitative estimate of drug-likeness (QED) is 0.819. The highest BCUT2D eigenvalue weighted by atomic mass is 35.5. The molecular weight excluding hydrogens is 301 g/mol. The highest BCUT2D eigenvalue weighted by Crippen LogP contribution is 2.23. The number of nitrogens with zero attached hydrogens (tertiary/aromatic N) is 1. The molecule has 0 saturated heterocycles. The number of aliphatic carboxylic acids is 1. The first kappa shape index (κ1) is 16.5. The standard InChI is InChI=1S/C14H15Cl2NO3/c1-2-7-17(9-14(19)20)13(18)6-4-10-3-5-11(15)12(16)8-10/h3-6,8H,2,7,9H2,1H3,(H,19,20)/b6-4+. The summed E-state index contributed by atoms with van der Waals surface area (Å²) in [4.78, 5) is 23.9. The van der Waals surface area contributed by atoms with Crippen molar-refractivity contribution in [3.05, 3.63) is 39.9 Å². The van der Waals surface area contributed by atoms with Crippen LogP contribution in [-0.4, -0.2) is 35.0 Å². The molecular formula is C14H15Cl2NO3. The zero-order valence-electron chi connectivity index (χ0n) is 11.0. The van der Waals surface area contributed by atoms with E-state index in [-0.39, 0.29) is 12.5 Å². The monoisotopic (exact) mass is 315 g/mol. The predicted octanol–water partition coefficient (Wildman–Crippen LogP) is 3.33. The number of benzene rings is 1. The maximum atomic E-state index is 11.9. The van der Waals surface area contributed by atoms with Gasteiger partial charge in [0.1, 0.15) is 6.54 Å². The lowest BCUT2D eigenvalue weighted by Gasteiger charge is -2.17. The number of carboxylic acid groups (broad SMARTS) is 1. The van der Waals surface area contributed by atoms with Gasteiger partial charge in [-0.3, -0.25) is 9.59 Å². The molecule has 0 aliphatic carbocycles. The van der Waals surface area contributed by atoms with Crippen LogP contribution < -0.4 is 0 Å². The van der Waals surface area contributed by atoms with E-state index in [0.717, 1.165) is 5.56 Å². The summed E-state index contributed by atoms with van der Waals surface area (Å²) in [6.07, 6.45) is 3.60. The lowest BCUT2D eigenvalue weighted by molar-refractivity contribution is -0.142. The maximum absolute atomic E-state index is 11.9. The van der Waals surface area contributed by atoms with Crippen LogP contribution in [0.5, 0.6) is 0 Å². The smallest absolute Gasteiger partial charge is 0.323 e. The number of carbonyl (C=O) groups is 2. The summed E-state index contributed by atoms with van der Waals surface area (Å²) in [5.41, 5.74) is 0.722. The summed E-state index contributed by atoms with van der Waals surface area (Å²) in [7, 11) is 0. The van der Waals surface area contributed by atoms with E-state index in [1.807, 2.05) is 6.92 Å². The number of carboxylic acids is 1. The van der Waals surface area contributed by atoms with Crippen LogP contribution in [0.2, 0.25) is 10.0 Å². The number of hydrogen-bond acceptors (Lipinski definition) is 2. The molecule has 0 radical (unpaired) electrons. The Morgan fingerprint density at radius 3 is 2.55 bits per heavy atom. The van der Waals surface area contributed by atoms with E-state index in [0.29, 0.717) is 23.0 Å². The largest absolute Gasteiger partial charge is 0.480 e. The van der Waals surface area contributed by atoms with Crippen molar-refractivity contribution in [2.75, 3.05) is 13.1 Å². The van der Waals surface area contributed by atoms with E-state index in [1.54, 1.807) is 24.3 Å². The molecule has 1 N–H and O–H groups in total. The van der Waals surface area contributed by atoms with Gasteiger partial charge in [-0.2, -0.15) is 0 Å². The van der Waals surface area contributed by atoms with Crippen LogP contribution in [-0.2, 0) is 9.59 Å². The summed E-state index contributed by atoms with van der Waals surface area (Å²) < 4.78 is 0. The second-order valence-corrected chi connectivity index (χ2v) is 4.97. The average molecular weight is 316 g/mol. The van der Waals surface area contributed by atoms with Gasteiger partial charge in [-0.15, -0.1) is 0 Å². The van der Waals surface area contributed by atoms with Crippen molar-refractivity contribution in [2.24, 2.45) is 0 Å². The van der Waals surface area contributed by atoms with Gasteiger partial charge in [0.25, 0.3) is 0 Å². The Bertz CT molecular complexity index is 529. The van der Waals surface area contributed by atoms with Gasteiger partial charge in [-0.1, -0.05) is 36.2 Å². The van der Waals surface area contributed by atoms with Gasteiger partial charge < -0.3 is 10.0 Å². The Morgan fingerprint density at radius 1 is 1.30 bits per heavy atom. The molecule has 0 unspecified atom stereocenters. The summed E-state index contributed by atoms with van der Waals surface area (Å²) >= 11 is 11.7. The molecule has 0 fully saturated rings. The minimum absolute atomic E-state index is 0.307. The summed E-state index contributed by atoms with van der Waals surface area (Å²) in [6.45, 7) is 1.97. The molecule has 0 heterocycles. The molecule has 1 rings (SSSR count). The molecule has 6 heteroatoms. The Morgan fingerprint density at radius 2 is 2.00 bits per heavy atom. The van der Waals surface area contributed by atoms with Gasteiger partial charge in [-0.25, -0.2) is 0 Å². The van der Waals surface area contributed by atoms with Crippen LogP contribution in [0.25, 0.3) is 6.08 Å². The number of amides is 1. The second kappa shape index (κ2) is 7.92. The Labute approximate surface area is 127 Å². The highest BCUT2D eigenvalue weighted by molar-refractivity contribution is 6.42. The van der Waals surface area contributed by atoms with Crippen LogP contribution in [0.4, 0.5) is 0 Å². The van der Waals surface area contributed by atoms with E-state index in [2.05, 4.69) is 0 Å². The fourth-order valence-electron chi connectivity index (χ4n) is 1.59. The van der Waals surface area contributed by atoms with Gasteiger partial charge in [0.15, 0.2) is 0 Å². The minimum Gasteiger partial charge on any atom is -0.480 e. The van der Waals surface area contributed by atoms with Crippen LogP contribution in [0, 0.1) is 0 Å². The van der Waals surface area contributed by atoms with Crippen LogP contribution >= 0.6 is 23.2 Å². The molecule has 1 aromatic carbocycles. The maximum Gasteiger partial charge on any atom is 0.323 e. The molecule has 0 spiro atoms. The van der Waals surface area contributed by atoms with Crippen LogP contribution in [0.1, 0.15) is 18.9 Å². The van der Waals surface area contributed by atoms with Crippen molar-refractivity contribution in [1.82, 2.24) is 4.90 Å². The van der Waals surface area contributed by atoms with Crippen molar-refractivity contribution < 1.29 is 14.7 Å². The summed E-state index contributed by atoms with van der Waals surface area (Å²) in [5.74, 6) is -1.38. The average Bonchev–Trinajstić information content (AvgIpc) is 2.39. The summed E-state index contributed by atoms with van der Waals surface area (Å²) in [5, 5.41) is 9.60. The molecule has 0 saturated carbocycles. The lowest BCUT2D eigenvalue weighted by atomic mass is 10.2. The van der Waals surface area contributed by atoms with E-state index >= 15 is 0 Å². The molecule has 20 heavy (non-hydrogen) atoms. The zero-order valence-corrected chi connectivity index (χ0v) is 12.5. The van der Waals surface area contributed by atoms with Gasteiger partial charge in [0.05, 0.1) is 10.0 Å². The molecule has 0 aromatic heterocycles. The molecule has 4 nitrogen and oxygen atoms in total. The second-order valence-electron chi connectivity index (χ2n) is 4.16. The third kappa shape index (κ3) is 5.23. The summed E-state index contributed by atoms with van der Waals surface area (Å²) in [6, 6.07) is 4.99. The van der Waals surface area contributed by atoms with Crippen molar-refractivity contribution in [1.29, 1.82) is 0 Å². The normalized spacial score (nSPS) is 10.8. The number of halogens is 2. The molecule has 0 bridgehead atoms. The first-order valence-electron chi connectivity index (χ1n) is 6.08. The number of rotatable bonds is 6. The minimum atomic E-state index is -1.03. The van der Waals surface area contributed by atoms with Gasteiger partial charge in [0.2, 0.25) is 5.91 Å². The van der Waals surface area contributed by atoms with E-state index in [9.17, 15) is 9.59 Å². The first-order valence-corrected chi connectivity index (χ1v) is 6.83. The number of hydrogen-bond donors (Lipinski definition) is 1. The fraction of sp³-hybridized carbons (Fsp3) is 0.286. The molecule has 0 aliphatic heterocycles. The molecule has 0 aliphatic rings. The lowest BCUT2D eigenvalue weighted by Crippen LogP contribution is -2.35. The van der Waals surface area contributed by atoms with Gasteiger partial charge in [0, 0.05) is 12.6 Å². The third-order valence-electron chi connectivity index (χ3n) is 2.49. The topological polar surface area (TPSA) is 57.6 Å². The van der Waals surface area contributed by atoms with Crippen molar-refractivity contribution >= 4 is 41.2 Å². The van der Waals surface area contributed by atoms with Gasteiger partial charge >= 0.3 is 5.97 Å². The third-order valence-corrected chi connectivity index (χ3v) is 3.23. The van der Waals surface area contributed by atoms with E-state index in [1.165, 1.54) is 11.0 Å². The highest BCUT2D eigenvalue weighted by Gasteiger charge is 2.13. The van der Waals surface area contributed by atoms with Crippen LogP contribution in [0.3, 0.4) is 0 Å². The SMILES string of the molecule is CCCN(CC(=O)O)C(=O)/C=C/c1ccc(Cl)c(Cl)c1. The number of carbonyl (C=O) groups excluding carboxylic acids is 1. The Kier molecular flexibility index (Phi) is 6.55. The Hall–Kier alpha value is -1.52.